The maximum Gasteiger partial charge on any atom is 0.0776 e. The molecule has 0 saturated heterocycles. The molecular weight excluding hydrogens is 202 g/mol. The van der Waals surface area contributed by atoms with Crippen LogP contribution in [0.25, 0.3) is 15.6 Å². The van der Waals surface area contributed by atoms with Crippen molar-refractivity contribution in [3.05, 3.63) is 46.9 Å². The van der Waals surface area contributed by atoms with Gasteiger partial charge in [-0.3, -0.25) is 0 Å². The maximum absolute atomic E-state index is 8.35. The van der Waals surface area contributed by atoms with Gasteiger partial charge < -0.3 is 0 Å². The third-order valence-corrected chi connectivity index (χ3v) is 4.36. The van der Waals surface area contributed by atoms with Crippen molar-refractivity contribution in [3.63, 3.8) is 0 Å². The molecule has 0 atom stereocenters. The molecule has 0 heterocycles. The fraction of sp³-hybridized carbons (Fsp3) is 0.273. The molecule has 3 nitrogen and oxygen atoms in total. The molecule has 1 aromatic rings. The number of azide groups is 1. The molecule has 4 heteroatoms. The molecule has 0 fully saturated rings. The van der Waals surface area contributed by atoms with Crippen molar-refractivity contribution in [3.8, 4) is 0 Å². The van der Waals surface area contributed by atoms with Gasteiger partial charge in [-0.2, -0.15) is 0 Å². The van der Waals surface area contributed by atoms with E-state index in [1.165, 1.54) is 5.20 Å². The van der Waals surface area contributed by atoms with Crippen molar-refractivity contribution in [1.29, 1.82) is 0 Å². The van der Waals surface area contributed by atoms with Crippen LogP contribution in [0.1, 0.15) is 5.56 Å². The molecule has 15 heavy (non-hydrogen) atoms. The van der Waals surface area contributed by atoms with Crippen LogP contribution in [0, 0.1) is 0 Å². The van der Waals surface area contributed by atoms with Crippen LogP contribution < -0.4 is 0 Å². The fourth-order valence-corrected chi connectivity index (χ4v) is 2.26. The van der Waals surface area contributed by atoms with E-state index >= 15 is 0 Å². The van der Waals surface area contributed by atoms with Gasteiger partial charge in [0.25, 0.3) is 0 Å². The minimum Gasteiger partial charge on any atom is -0.0992 e. The van der Waals surface area contributed by atoms with E-state index in [1.807, 2.05) is 18.2 Å². The highest BCUT2D eigenvalue weighted by molar-refractivity contribution is 6.93. The van der Waals surface area contributed by atoms with Crippen LogP contribution in [0.3, 0.4) is 0 Å². The van der Waals surface area contributed by atoms with E-state index in [9.17, 15) is 0 Å². The smallest absolute Gasteiger partial charge is 0.0776 e. The highest BCUT2D eigenvalue weighted by Crippen LogP contribution is 2.26. The van der Waals surface area contributed by atoms with Crippen molar-refractivity contribution in [1.82, 2.24) is 0 Å². The lowest BCUT2D eigenvalue weighted by molar-refractivity contribution is 1.46. The first-order valence-corrected chi connectivity index (χ1v) is 8.30. The second-order valence-electron chi connectivity index (χ2n) is 4.47. The lowest BCUT2D eigenvalue weighted by atomic mass is 10.2. The molecule has 0 radical (unpaired) electrons. The Balaban J connectivity index is 3.11. The minimum atomic E-state index is -1.38. The Morgan fingerprint density at radius 1 is 1.40 bits per heavy atom. The molecule has 0 aliphatic heterocycles. The number of hydrogen-bond acceptors (Lipinski definition) is 1. The third kappa shape index (κ3) is 2.97. The Kier molecular flexibility index (Phi) is 3.34. The maximum atomic E-state index is 8.35. The van der Waals surface area contributed by atoms with E-state index in [-0.39, 0.29) is 0 Å². The number of rotatable bonds is 3. The average molecular weight is 217 g/mol. The summed E-state index contributed by atoms with van der Waals surface area (Å²) in [6.07, 6.45) is 0. The molecule has 0 spiro atoms. The largest absolute Gasteiger partial charge is 0.0992 e. The summed E-state index contributed by atoms with van der Waals surface area (Å²) in [4.78, 5) is 2.78. The molecule has 0 aliphatic carbocycles. The topological polar surface area (TPSA) is 48.8 Å². The molecule has 1 rings (SSSR count). The lowest BCUT2D eigenvalue weighted by Crippen LogP contribution is -2.21. The summed E-state index contributed by atoms with van der Waals surface area (Å²) in [5, 5.41) is 4.76. The van der Waals surface area contributed by atoms with E-state index in [4.69, 9.17) is 5.53 Å². The molecular formula is C11H15N3Si. The second-order valence-corrected chi connectivity index (χ2v) is 9.57. The molecule has 0 aromatic heterocycles. The summed E-state index contributed by atoms with van der Waals surface area (Å²) in [7, 11) is -1.38. The highest BCUT2D eigenvalue weighted by atomic mass is 28.3. The van der Waals surface area contributed by atoms with Gasteiger partial charge in [0, 0.05) is 10.6 Å². The predicted molar refractivity (Wildman–Crippen MR) is 67.6 cm³/mol. The quantitative estimate of drug-likeness (QED) is 0.309. The molecule has 0 saturated carbocycles. The molecule has 0 aliphatic rings. The van der Waals surface area contributed by atoms with E-state index < -0.39 is 8.07 Å². The summed E-state index contributed by atoms with van der Waals surface area (Å²) in [6.45, 7) is 10.9. The van der Waals surface area contributed by atoms with Crippen LogP contribution in [0.4, 0.5) is 5.69 Å². The van der Waals surface area contributed by atoms with Gasteiger partial charge >= 0.3 is 0 Å². The molecule has 0 unspecified atom stereocenters. The van der Waals surface area contributed by atoms with E-state index in [0.717, 1.165) is 5.56 Å². The Bertz CT molecular complexity index is 426. The van der Waals surface area contributed by atoms with Crippen LogP contribution in [0.5, 0.6) is 0 Å². The first-order valence-electron chi connectivity index (χ1n) is 4.80. The monoisotopic (exact) mass is 217 g/mol. The van der Waals surface area contributed by atoms with Gasteiger partial charge in [-0.05, 0) is 17.2 Å². The molecule has 0 N–H and O–H groups in total. The molecule has 0 amide bonds. The summed E-state index contributed by atoms with van der Waals surface area (Å²) in [5.41, 5.74) is 10.1. The van der Waals surface area contributed by atoms with Crippen molar-refractivity contribution in [2.24, 2.45) is 5.11 Å². The number of hydrogen-bond donors (Lipinski definition) is 0. The van der Waals surface area contributed by atoms with Gasteiger partial charge in [0.2, 0.25) is 0 Å². The van der Waals surface area contributed by atoms with Gasteiger partial charge in [0.05, 0.1) is 8.07 Å². The van der Waals surface area contributed by atoms with Crippen LogP contribution in [-0.4, -0.2) is 8.07 Å². The SMILES string of the molecule is C=C(c1cccc(N=[N+]=[N-])c1)[Si](C)(C)C. The zero-order valence-corrected chi connectivity index (χ0v) is 10.4. The Morgan fingerprint density at radius 3 is 2.60 bits per heavy atom. The predicted octanol–water partition coefficient (Wildman–Crippen LogP) is 4.52. The van der Waals surface area contributed by atoms with Crippen LogP contribution in [0.2, 0.25) is 19.6 Å². The van der Waals surface area contributed by atoms with Crippen LogP contribution in [-0.2, 0) is 0 Å². The van der Waals surface area contributed by atoms with Gasteiger partial charge in [0.1, 0.15) is 0 Å². The second kappa shape index (κ2) is 4.34. The zero-order chi connectivity index (χ0) is 11.5. The van der Waals surface area contributed by atoms with E-state index in [0.29, 0.717) is 5.69 Å². The standard InChI is InChI=1S/C11H15N3Si/c1-9(15(2,3)4)10-6-5-7-11(8-10)13-14-12/h5-8H,1H2,2-4H3. The van der Waals surface area contributed by atoms with Crippen molar-refractivity contribution >= 4 is 19.0 Å². The third-order valence-electron chi connectivity index (χ3n) is 2.26. The minimum absolute atomic E-state index is 0.648. The van der Waals surface area contributed by atoms with Crippen LogP contribution >= 0.6 is 0 Å². The van der Waals surface area contributed by atoms with Crippen molar-refractivity contribution in [2.45, 2.75) is 19.6 Å². The first kappa shape index (κ1) is 11.6. The van der Waals surface area contributed by atoms with Crippen LogP contribution in [0.15, 0.2) is 36.0 Å². The Morgan fingerprint density at radius 2 is 2.07 bits per heavy atom. The Labute approximate surface area is 91.1 Å². The summed E-state index contributed by atoms with van der Waals surface area (Å²) in [6, 6.07) is 7.59. The highest BCUT2D eigenvalue weighted by Gasteiger charge is 2.18. The average Bonchev–Trinajstić information content (AvgIpc) is 2.16. The van der Waals surface area contributed by atoms with E-state index in [1.54, 1.807) is 6.07 Å². The van der Waals surface area contributed by atoms with Gasteiger partial charge in [-0.1, -0.05) is 54.7 Å². The van der Waals surface area contributed by atoms with Gasteiger partial charge in [-0.15, -0.1) is 0 Å². The fourth-order valence-electron chi connectivity index (χ4n) is 1.24. The summed E-state index contributed by atoms with van der Waals surface area (Å²) in [5.74, 6) is 0. The number of nitrogens with zero attached hydrogens (tertiary/aromatic N) is 3. The normalized spacial score (nSPS) is 10.6. The van der Waals surface area contributed by atoms with Gasteiger partial charge in [-0.25, -0.2) is 0 Å². The molecule has 1 aromatic carbocycles. The summed E-state index contributed by atoms with van der Waals surface area (Å²) < 4.78 is 0. The molecule has 0 bridgehead atoms. The van der Waals surface area contributed by atoms with E-state index in [2.05, 4.69) is 36.2 Å². The Hall–Kier alpha value is -1.51. The zero-order valence-electron chi connectivity index (χ0n) is 9.36. The number of benzene rings is 1. The van der Waals surface area contributed by atoms with Gasteiger partial charge in [0.15, 0.2) is 0 Å². The van der Waals surface area contributed by atoms with Crippen molar-refractivity contribution in [2.75, 3.05) is 0 Å². The molecule has 78 valence electrons. The first-order chi connectivity index (χ1) is 6.95. The van der Waals surface area contributed by atoms with Crippen molar-refractivity contribution < 1.29 is 0 Å². The lowest BCUT2D eigenvalue weighted by Gasteiger charge is -2.19. The summed E-state index contributed by atoms with van der Waals surface area (Å²) >= 11 is 0.